The molecule has 5 aliphatic carbocycles. The Balaban J connectivity index is 0.849. The Hall–Kier alpha value is -1.79. The second kappa shape index (κ2) is 24.9. The summed E-state index contributed by atoms with van der Waals surface area (Å²) in [5.74, 6) is -0.929. The lowest BCUT2D eigenvalue weighted by atomic mass is 9.33. The molecule has 9 fully saturated rings. The molecule has 0 unspecified atom stereocenters. The van der Waals surface area contributed by atoms with Gasteiger partial charge in [-0.1, -0.05) is 53.2 Å². The Labute approximate surface area is 499 Å². The molecule has 0 spiro atoms. The summed E-state index contributed by atoms with van der Waals surface area (Å²) in [6, 6.07) is 0. The summed E-state index contributed by atoms with van der Waals surface area (Å²) in [5, 5.41) is 172. The van der Waals surface area contributed by atoms with E-state index in [1.807, 2.05) is 6.92 Å². The maximum Gasteiger partial charge on any atom is 0.315 e. The molecule has 0 aromatic heterocycles. The van der Waals surface area contributed by atoms with E-state index in [1.165, 1.54) is 12.5 Å². The second-order valence-electron chi connectivity index (χ2n) is 28.5. The van der Waals surface area contributed by atoms with E-state index < -0.39 is 196 Å². The lowest BCUT2D eigenvalue weighted by Crippen LogP contribution is -2.67. The molecule has 4 saturated carbocycles. The van der Waals surface area contributed by atoms with Gasteiger partial charge in [-0.3, -0.25) is 4.79 Å². The van der Waals surface area contributed by atoms with E-state index in [1.54, 1.807) is 0 Å². The Kier molecular flexibility index (Phi) is 19.4. The largest absolute Gasteiger partial charge is 0.432 e. The molecule has 0 aromatic rings. The van der Waals surface area contributed by atoms with Crippen molar-refractivity contribution in [1.82, 2.24) is 0 Å². The van der Waals surface area contributed by atoms with Crippen LogP contribution in [0.3, 0.4) is 0 Å². The predicted octanol–water partition coefficient (Wildman–Crippen LogP) is -3.57. The number of hydrogen-bond donors (Lipinski definition) is 16. The Morgan fingerprint density at radius 3 is 1.77 bits per heavy atom. The monoisotopic (exact) mass is 1240 g/mol. The Morgan fingerprint density at radius 2 is 1.13 bits per heavy atom. The Morgan fingerprint density at radius 1 is 0.558 bits per heavy atom. The molecule has 86 heavy (non-hydrogen) atoms. The van der Waals surface area contributed by atoms with Crippen LogP contribution in [0.15, 0.2) is 11.6 Å². The van der Waals surface area contributed by atoms with Crippen LogP contribution in [0.1, 0.15) is 113 Å². The van der Waals surface area contributed by atoms with Crippen LogP contribution in [0.5, 0.6) is 0 Å². The zero-order valence-electron chi connectivity index (χ0n) is 50.0. The molecule has 5 aliphatic heterocycles. The molecule has 10 aliphatic rings. The highest BCUT2D eigenvalue weighted by atomic mass is 16.8. The number of allylic oxidation sites excluding steroid dienone is 2. The van der Waals surface area contributed by atoms with E-state index >= 15 is 4.79 Å². The molecule has 5 saturated heterocycles. The fourth-order valence-electron chi connectivity index (χ4n) is 17.6. The van der Waals surface area contributed by atoms with Crippen LogP contribution in [0.4, 0.5) is 0 Å². The van der Waals surface area contributed by atoms with E-state index in [4.69, 9.17) is 47.4 Å². The molecule has 5 heterocycles. The lowest BCUT2D eigenvalue weighted by molar-refractivity contribution is -0.383. The quantitative estimate of drug-likeness (QED) is 0.0454. The number of aliphatic hydroxyl groups excluding tert-OH is 16. The summed E-state index contributed by atoms with van der Waals surface area (Å²) < 4.78 is 59.5. The van der Waals surface area contributed by atoms with Gasteiger partial charge in [0.15, 0.2) is 25.2 Å². The first kappa shape index (κ1) is 67.1. The van der Waals surface area contributed by atoms with Crippen LogP contribution in [0, 0.1) is 50.2 Å². The van der Waals surface area contributed by atoms with Crippen molar-refractivity contribution in [3.8, 4) is 0 Å². The smallest absolute Gasteiger partial charge is 0.315 e. The van der Waals surface area contributed by atoms with Gasteiger partial charge >= 0.3 is 5.97 Å². The van der Waals surface area contributed by atoms with Crippen molar-refractivity contribution in [2.45, 2.75) is 266 Å². The van der Waals surface area contributed by atoms with Gasteiger partial charge in [-0.05, 0) is 111 Å². The van der Waals surface area contributed by atoms with Crippen molar-refractivity contribution in [2.24, 2.45) is 50.2 Å². The molecule has 0 amide bonds. The third-order valence-corrected chi connectivity index (χ3v) is 23.2. The number of ether oxygens (including phenoxy) is 10. The third kappa shape index (κ3) is 11.2. The van der Waals surface area contributed by atoms with Gasteiger partial charge in [0.1, 0.15) is 110 Å². The highest BCUT2D eigenvalue weighted by Crippen LogP contribution is 2.76. The molecule has 0 radical (unpaired) electrons. The number of hydrogen-bond acceptors (Lipinski definition) is 27. The van der Waals surface area contributed by atoms with Crippen molar-refractivity contribution in [1.29, 1.82) is 0 Å². The van der Waals surface area contributed by atoms with Gasteiger partial charge in [-0.25, -0.2) is 0 Å². The molecule has 494 valence electrons. The van der Waals surface area contributed by atoms with Gasteiger partial charge in [-0.2, -0.15) is 0 Å². The minimum Gasteiger partial charge on any atom is -0.432 e. The van der Waals surface area contributed by atoms with Crippen molar-refractivity contribution in [3.63, 3.8) is 0 Å². The Bertz CT molecular complexity index is 2380. The van der Waals surface area contributed by atoms with Gasteiger partial charge in [0.05, 0.1) is 50.7 Å². The summed E-state index contributed by atoms with van der Waals surface area (Å²) >= 11 is 0. The summed E-state index contributed by atoms with van der Waals surface area (Å²) in [6.45, 7) is 12.1. The number of carbonyl (C=O) groups excluding carboxylic acids is 1. The number of aliphatic hydroxyl groups is 16. The van der Waals surface area contributed by atoms with Gasteiger partial charge in [0.2, 0.25) is 6.29 Å². The van der Waals surface area contributed by atoms with Crippen molar-refractivity contribution < 1.29 is 134 Å². The van der Waals surface area contributed by atoms with Crippen LogP contribution in [0.25, 0.3) is 0 Å². The first-order chi connectivity index (χ1) is 40.4. The normalized spacial score (nSPS) is 54.8. The minimum atomic E-state index is -1.87. The van der Waals surface area contributed by atoms with Gasteiger partial charge in [-0.15, -0.1) is 0 Å². The number of rotatable bonds is 14. The molecular weight excluding hydrogens is 1140 g/mol. The second-order valence-corrected chi connectivity index (χ2v) is 28.5. The van der Waals surface area contributed by atoms with E-state index in [-0.39, 0.29) is 47.2 Å². The standard InChI is InChI=1S/C59H96O27/c1-24-34(64)46(84-49-43(73)40(70)37(67)29(20-61)81-49)45(75)51(79-24)85-47-35(65)27(63)21-77-52(47)83-33-11-12-55(4)31(56(33,5)23-62)10-13-58(7)32(55)9-8-25-26-18-54(2,3)14-16-59(26,17-15-57(25,58)6)53(76)86-50-44(74)41(71)38(68)30(82-50)22-78-48-42(72)39(69)36(66)28(19-60)80-48/h8,24,26-52,60-75H,9-23H2,1-7H3/t24-,26+,27-,28-,29-,30-,31+,32+,33-,34-,35+,36-,37-,38-,39+,40+,41+,42-,43-,44-,45-,46+,47-,48-,49+,50+,51+,52+,55-,56-,57+,58+,59+/m0/s1. The molecule has 0 bridgehead atoms. The van der Waals surface area contributed by atoms with E-state index in [0.29, 0.717) is 57.8 Å². The summed E-state index contributed by atoms with van der Waals surface area (Å²) in [6.07, 6.45) is -31.4. The average molecular weight is 1240 g/mol. The van der Waals surface area contributed by atoms with Crippen LogP contribution in [0.2, 0.25) is 0 Å². The molecular formula is C59H96O27. The van der Waals surface area contributed by atoms with Crippen LogP contribution in [-0.2, 0) is 52.2 Å². The van der Waals surface area contributed by atoms with Crippen molar-refractivity contribution in [2.75, 3.05) is 33.0 Å². The molecule has 0 aromatic carbocycles. The van der Waals surface area contributed by atoms with Crippen molar-refractivity contribution in [3.05, 3.63) is 11.6 Å². The van der Waals surface area contributed by atoms with Crippen LogP contribution < -0.4 is 0 Å². The number of esters is 1. The molecule has 27 heteroatoms. The van der Waals surface area contributed by atoms with Crippen LogP contribution >= 0.6 is 0 Å². The third-order valence-electron chi connectivity index (χ3n) is 23.2. The summed E-state index contributed by atoms with van der Waals surface area (Å²) in [4.78, 5) is 15.1. The fraction of sp³-hybridized carbons (Fsp3) is 0.949. The molecule has 27 nitrogen and oxygen atoms in total. The zero-order valence-corrected chi connectivity index (χ0v) is 50.0. The number of carbonyl (C=O) groups is 1. The highest BCUT2D eigenvalue weighted by molar-refractivity contribution is 5.79. The predicted molar refractivity (Wildman–Crippen MR) is 289 cm³/mol. The van der Waals surface area contributed by atoms with Crippen LogP contribution in [-0.4, -0.2) is 274 Å². The van der Waals surface area contributed by atoms with E-state index in [2.05, 4.69) is 40.7 Å². The first-order valence-corrected chi connectivity index (χ1v) is 30.8. The maximum atomic E-state index is 15.1. The summed E-state index contributed by atoms with van der Waals surface area (Å²) in [5.41, 5.74) is -2.07. The summed E-state index contributed by atoms with van der Waals surface area (Å²) in [7, 11) is 0. The SMILES string of the molecule is C[C@@H]1O[C@H](O[C@@H]2[C@@H](O[C@H]3CC[C@@]4(C)[C@@H](CC[C@]5(C)[C@@H]4CC=C4[C@H]6CC(C)(C)CC[C@@]6(C(=O)O[C@H]6O[C@@H](CO[C@H]7O[C@@H](CO)[C@H](O)[C@@H](O)[C@@H]7O)[C@H](O)[C@@H](O)[C@@H]6O)CC[C@]45C)[C@]3(C)CO)OC[C@H](O)[C@H]2O)[C@@H](O)[C@H](O[C@H]2O[C@@H](CO)[C@H](O)[C@@H](O)[C@@H]2O)[C@H]1O. The van der Waals surface area contributed by atoms with Gasteiger partial charge in [0, 0.05) is 5.41 Å². The van der Waals surface area contributed by atoms with Gasteiger partial charge < -0.3 is 129 Å². The fourth-order valence-corrected chi connectivity index (χ4v) is 17.6. The average Bonchev–Trinajstić information content (AvgIpc) is 0.689. The lowest BCUT2D eigenvalue weighted by Gasteiger charge is -2.71. The first-order valence-electron chi connectivity index (χ1n) is 30.8. The zero-order chi connectivity index (χ0) is 62.7. The molecule has 10 rings (SSSR count). The highest BCUT2D eigenvalue weighted by Gasteiger charge is 2.71. The van der Waals surface area contributed by atoms with E-state index in [0.717, 1.165) is 6.42 Å². The van der Waals surface area contributed by atoms with Gasteiger partial charge in [0.25, 0.3) is 0 Å². The topological polar surface area (TPSA) is 433 Å². The molecule has 16 N–H and O–H groups in total. The number of fused-ring (bicyclic) bond motifs is 7. The minimum absolute atomic E-state index is 0.0885. The maximum absolute atomic E-state index is 15.1. The van der Waals surface area contributed by atoms with E-state index in [9.17, 15) is 81.7 Å². The van der Waals surface area contributed by atoms with Crippen molar-refractivity contribution >= 4 is 5.97 Å². The molecule has 33 atom stereocenters.